The minimum absolute atomic E-state index is 0.0521. The second kappa shape index (κ2) is 11.7. The molecule has 2 unspecified atom stereocenters. The Morgan fingerprint density at radius 2 is 1.58 bits per heavy atom. The van der Waals surface area contributed by atoms with Crippen LogP contribution < -0.4 is 0 Å². The maximum Gasteiger partial charge on any atom is 0.309 e. The number of carbonyl (C=O) groups excluding carboxylic acids is 1. The van der Waals surface area contributed by atoms with Gasteiger partial charge >= 0.3 is 11.9 Å². The van der Waals surface area contributed by atoms with Gasteiger partial charge in [0, 0.05) is 24.2 Å². The van der Waals surface area contributed by atoms with Gasteiger partial charge in [-0.3, -0.25) is 9.59 Å². The summed E-state index contributed by atoms with van der Waals surface area (Å²) >= 11 is 0. The van der Waals surface area contributed by atoms with Gasteiger partial charge in [0.1, 0.15) is 12.2 Å². The second-order valence-electron chi connectivity index (χ2n) is 18.3. The average molecular weight is 677 g/mol. The lowest BCUT2D eigenvalue weighted by atomic mass is 9.33. The number of ether oxygens (including phenoxy) is 3. The normalized spacial score (nSPS) is 54.9. The Labute approximate surface area is 285 Å². The fraction of sp³-hybridized carbons (Fsp3) is 0.895. The summed E-state index contributed by atoms with van der Waals surface area (Å²) in [6.45, 7) is 16.3. The molecule has 5 fully saturated rings. The van der Waals surface area contributed by atoms with Crippen LogP contribution in [0.5, 0.6) is 0 Å². The van der Waals surface area contributed by atoms with Crippen molar-refractivity contribution in [3.05, 3.63) is 11.6 Å². The Bertz CT molecular complexity index is 1330. The number of hydrogen-bond acceptors (Lipinski definition) is 9. The highest BCUT2D eigenvalue weighted by molar-refractivity contribution is 5.74. The summed E-state index contributed by atoms with van der Waals surface area (Å²) in [4.78, 5) is 24.0. The molecule has 0 aromatic carbocycles. The summed E-state index contributed by atoms with van der Waals surface area (Å²) in [7, 11) is 0. The van der Waals surface area contributed by atoms with Gasteiger partial charge in [-0.25, -0.2) is 0 Å². The van der Waals surface area contributed by atoms with Crippen LogP contribution in [0.25, 0.3) is 0 Å². The molecule has 1 aliphatic heterocycles. The zero-order chi connectivity index (χ0) is 35.4. The zero-order valence-electron chi connectivity index (χ0n) is 30.2. The number of rotatable bonds is 5. The Morgan fingerprint density at radius 1 is 0.917 bits per heavy atom. The number of carbonyl (C=O) groups is 2. The third-order valence-electron chi connectivity index (χ3n) is 15.9. The molecule has 0 amide bonds. The summed E-state index contributed by atoms with van der Waals surface area (Å²) in [5.41, 5.74) is -0.807. The predicted octanol–water partition coefficient (Wildman–Crippen LogP) is 4.60. The Balaban J connectivity index is 1.29. The first-order valence-electron chi connectivity index (χ1n) is 18.3. The molecular formula is C38H60O10. The molecule has 0 spiro atoms. The third-order valence-corrected chi connectivity index (χ3v) is 15.9. The van der Waals surface area contributed by atoms with Crippen molar-refractivity contribution >= 4 is 11.9 Å². The number of carboxylic acid groups (broad SMARTS) is 1. The Kier molecular flexibility index (Phi) is 8.86. The molecule has 0 aromatic rings. The Morgan fingerprint density at radius 3 is 2.23 bits per heavy atom. The molecule has 5 N–H and O–H groups in total. The van der Waals surface area contributed by atoms with Crippen molar-refractivity contribution in [3.63, 3.8) is 0 Å². The predicted molar refractivity (Wildman–Crippen MR) is 176 cm³/mol. The molecule has 10 nitrogen and oxygen atoms in total. The molecule has 0 radical (unpaired) electrons. The van der Waals surface area contributed by atoms with E-state index in [-0.39, 0.29) is 47.0 Å². The van der Waals surface area contributed by atoms with E-state index in [1.807, 2.05) is 13.8 Å². The van der Waals surface area contributed by atoms with E-state index in [0.717, 1.165) is 38.5 Å². The monoisotopic (exact) mass is 676 g/mol. The van der Waals surface area contributed by atoms with Gasteiger partial charge in [-0.15, -0.1) is 0 Å². The minimum Gasteiger partial charge on any atom is -0.481 e. The molecule has 48 heavy (non-hydrogen) atoms. The van der Waals surface area contributed by atoms with Gasteiger partial charge in [0.2, 0.25) is 0 Å². The third kappa shape index (κ3) is 5.01. The van der Waals surface area contributed by atoms with E-state index < -0.39 is 71.1 Å². The summed E-state index contributed by atoms with van der Waals surface area (Å²) in [5.74, 6) is -1.04. The first-order valence-corrected chi connectivity index (χ1v) is 18.3. The van der Waals surface area contributed by atoms with Crippen molar-refractivity contribution in [3.8, 4) is 0 Å². The molecule has 272 valence electrons. The lowest BCUT2D eigenvalue weighted by molar-refractivity contribution is -0.315. The topological polar surface area (TPSA) is 163 Å². The van der Waals surface area contributed by atoms with Gasteiger partial charge in [-0.1, -0.05) is 46.3 Å². The van der Waals surface area contributed by atoms with Crippen LogP contribution in [-0.4, -0.2) is 87.0 Å². The lowest BCUT2D eigenvalue weighted by Crippen LogP contribution is -2.69. The number of fused-ring (bicyclic) bond motifs is 7. The quantitative estimate of drug-likeness (QED) is 0.206. The number of esters is 1. The van der Waals surface area contributed by atoms with E-state index in [4.69, 9.17) is 14.2 Å². The average Bonchev–Trinajstić information content (AvgIpc) is 3.00. The number of aliphatic hydroxyl groups is 4. The molecule has 1 saturated heterocycles. The molecule has 10 heteroatoms. The van der Waals surface area contributed by atoms with Crippen LogP contribution in [0.1, 0.15) is 113 Å². The van der Waals surface area contributed by atoms with Gasteiger partial charge in [-0.2, -0.15) is 0 Å². The molecule has 4 saturated carbocycles. The SMILES string of the molecule is CC(=O)O[C@@H]1[C@@H](O)[C@@H](O)[C@H](OC[C@@]2(C)C3CC[C@]4(C)C(CC=C5[C@@H]6C[C@](C)(C(=O)O)CC[C@]6(C)CC[C@]54C)[C@@]3(C)[C@@H](O)C[C@@H]2O)O[C@H]1C. The van der Waals surface area contributed by atoms with Gasteiger partial charge in [0.15, 0.2) is 12.4 Å². The molecule has 0 aromatic heterocycles. The van der Waals surface area contributed by atoms with Crippen molar-refractivity contribution < 1.29 is 49.3 Å². The largest absolute Gasteiger partial charge is 0.481 e. The van der Waals surface area contributed by atoms with Crippen molar-refractivity contribution in [2.75, 3.05) is 6.61 Å². The van der Waals surface area contributed by atoms with E-state index in [9.17, 15) is 35.1 Å². The van der Waals surface area contributed by atoms with Crippen LogP contribution in [0.2, 0.25) is 0 Å². The number of allylic oxidation sites excluding steroid dienone is 2. The van der Waals surface area contributed by atoms with Crippen LogP contribution >= 0.6 is 0 Å². The molecule has 6 rings (SSSR count). The fourth-order valence-corrected chi connectivity index (χ4v) is 12.3. The first kappa shape index (κ1) is 36.2. The maximum atomic E-state index is 12.4. The van der Waals surface area contributed by atoms with Crippen molar-refractivity contribution in [2.24, 2.45) is 50.2 Å². The van der Waals surface area contributed by atoms with Gasteiger partial charge in [-0.05, 0) is 99.2 Å². The van der Waals surface area contributed by atoms with E-state index in [0.29, 0.717) is 12.8 Å². The highest BCUT2D eigenvalue weighted by atomic mass is 16.7. The smallest absolute Gasteiger partial charge is 0.309 e. The first-order chi connectivity index (χ1) is 22.2. The van der Waals surface area contributed by atoms with E-state index >= 15 is 0 Å². The summed E-state index contributed by atoms with van der Waals surface area (Å²) in [6.07, 6.45) is 2.12. The van der Waals surface area contributed by atoms with Crippen LogP contribution in [0.3, 0.4) is 0 Å². The van der Waals surface area contributed by atoms with E-state index in [2.05, 4.69) is 33.8 Å². The van der Waals surface area contributed by atoms with Gasteiger partial charge in [0.25, 0.3) is 0 Å². The second-order valence-corrected chi connectivity index (χ2v) is 18.3. The van der Waals surface area contributed by atoms with E-state index in [1.165, 1.54) is 12.5 Å². The van der Waals surface area contributed by atoms with E-state index in [1.54, 1.807) is 6.92 Å². The number of carboxylic acids is 1. The van der Waals surface area contributed by atoms with Crippen molar-refractivity contribution in [1.29, 1.82) is 0 Å². The Hall–Kier alpha value is -1.56. The van der Waals surface area contributed by atoms with Crippen LogP contribution in [0.15, 0.2) is 11.6 Å². The standard InChI is InChI=1S/C38H60O10/c1-20-30(48-21(2)39)28(42)29(43)31(47-20)46-19-35(5)24-11-12-37(7)25(38(24,8)27(41)17-26(35)40)10-9-22-23-18-34(4,32(44)45)14-13-33(23,3)15-16-36(22,37)6/h9,20,23-31,40-43H,10-19H2,1-8H3,(H,44,45)/t20-,23-,24?,25?,26-,27-,28-,29+,30-,31+,33+,34+,35-,36+,37+,38-/m0/s1. The number of aliphatic carboxylic acids is 1. The fourth-order valence-electron chi connectivity index (χ4n) is 12.3. The highest BCUT2D eigenvalue weighted by Crippen LogP contribution is 2.75. The van der Waals surface area contributed by atoms with Gasteiger partial charge in [0.05, 0.1) is 30.3 Å². The van der Waals surface area contributed by atoms with Crippen LogP contribution in [-0.2, 0) is 23.8 Å². The van der Waals surface area contributed by atoms with Gasteiger partial charge < -0.3 is 39.7 Å². The minimum atomic E-state index is -1.46. The lowest BCUT2D eigenvalue weighted by Gasteiger charge is -2.72. The highest BCUT2D eigenvalue weighted by Gasteiger charge is 2.71. The molecule has 0 bridgehead atoms. The summed E-state index contributed by atoms with van der Waals surface area (Å²) in [5, 5.41) is 55.5. The molecule has 5 aliphatic carbocycles. The molecule has 16 atom stereocenters. The maximum absolute atomic E-state index is 12.4. The molecule has 1 heterocycles. The van der Waals surface area contributed by atoms with Crippen LogP contribution in [0.4, 0.5) is 0 Å². The van der Waals surface area contributed by atoms with Crippen molar-refractivity contribution in [1.82, 2.24) is 0 Å². The summed E-state index contributed by atoms with van der Waals surface area (Å²) in [6, 6.07) is 0. The molecule has 6 aliphatic rings. The summed E-state index contributed by atoms with van der Waals surface area (Å²) < 4.78 is 17.3. The number of hydrogen-bond donors (Lipinski definition) is 5. The zero-order valence-corrected chi connectivity index (χ0v) is 30.2. The van der Waals surface area contributed by atoms with Crippen LogP contribution in [0, 0.1) is 50.2 Å². The number of aliphatic hydroxyl groups excluding tert-OH is 4. The molecular weight excluding hydrogens is 616 g/mol. The van der Waals surface area contributed by atoms with Crippen molar-refractivity contribution in [2.45, 2.75) is 156 Å².